The SMILES string of the molecule is FC1CCCc2ccc(Cl)cc21. The monoisotopic (exact) mass is 184 g/mol. The Morgan fingerprint density at radius 3 is 3.08 bits per heavy atom. The number of aryl methyl sites for hydroxylation is 1. The Kier molecular flexibility index (Phi) is 2.05. The predicted octanol–water partition coefficient (Wildman–Crippen LogP) is 3.69. The number of benzene rings is 1. The van der Waals surface area contributed by atoms with Gasteiger partial charge in [0.1, 0.15) is 6.17 Å². The molecule has 0 aliphatic heterocycles. The van der Waals surface area contributed by atoms with Crippen LogP contribution in [0.25, 0.3) is 0 Å². The van der Waals surface area contributed by atoms with E-state index in [2.05, 4.69) is 0 Å². The first-order valence-electron chi connectivity index (χ1n) is 4.20. The molecular weight excluding hydrogens is 175 g/mol. The Morgan fingerprint density at radius 2 is 2.25 bits per heavy atom. The molecule has 0 heterocycles. The second-order valence-corrected chi connectivity index (χ2v) is 3.64. The first-order valence-corrected chi connectivity index (χ1v) is 4.57. The topological polar surface area (TPSA) is 0 Å². The van der Waals surface area contributed by atoms with E-state index in [9.17, 15) is 4.39 Å². The van der Waals surface area contributed by atoms with E-state index in [4.69, 9.17) is 11.6 Å². The minimum absolute atomic E-state index is 0.637. The molecule has 1 aliphatic rings. The normalized spacial score (nSPS) is 22.0. The molecule has 0 saturated carbocycles. The number of hydrogen-bond acceptors (Lipinski definition) is 0. The highest BCUT2D eigenvalue weighted by Crippen LogP contribution is 2.33. The van der Waals surface area contributed by atoms with Crippen LogP contribution in [0, 0.1) is 0 Å². The number of alkyl halides is 1. The fraction of sp³-hybridized carbons (Fsp3) is 0.400. The summed E-state index contributed by atoms with van der Waals surface area (Å²) in [7, 11) is 0. The lowest BCUT2D eigenvalue weighted by molar-refractivity contribution is 0.302. The van der Waals surface area contributed by atoms with E-state index in [-0.39, 0.29) is 0 Å². The summed E-state index contributed by atoms with van der Waals surface area (Å²) in [5.74, 6) is 0. The molecule has 1 unspecified atom stereocenters. The molecule has 0 amide bonds. The lowest BCUT2D eigenvalue weighted by Gasteiger charge is -2.19. The number of rotatable bonds is 0. The fourth-order valence-electron chi connectivity index (χ4n) is 1.71. The minimum Gasteiger partial charge on any atom is -0.242 e. The molecule has 0 saturated heterocycles. The highest BCUT2D eigenvalue weighted by atomic mass is 35.5. The van der Waals surface area contributed by atoms with Crippen LogP contribution in [0.1, 0.15) is 30.1 Å². The van der Waals surface area contributed by atoms with Gasteiger partial charge in [-0.05, 0) is 42.5 Å². The summed E-state index contributed by atoms with van der Waals surface area (Å²) in [4.78, 5) is 0. The minimum atomic E-state index is -0.799. The third-order valence-electron chi connectivity index (χ3n) is 2.35. The maximum atomic E-state index is 13.3. The molecule has 2 heteroatoms. The molecule has 1 aromatic rings. The highest BCUT2D eigenvalue weighted by Gasteiger charge is 2.18. The van der Waals surface area contributed by atoms with Crippen LogP contribution in [0.4, 0.5) is 4.39 Å². The zero-order chi connectivity index (χ0) is 8.55. The third kappa shape index (κ3) is 1.34. The van der Waals surface area contributed by atoms with Crippen LogP contribution >= 0.6 is 11.6 Å². The molecule has 0 spiro atoms. The van der Waals surface area contributed by atoms with E-state index in [1.54, 1.807) is 6.07 Å². The quantitative estimate of drug-likeness (QED) is 0.577. The van der Waals surface area contributed by atoms with Crippen molar-refractivity contribution in [1.29, 1.82) is 0 Å². The van der Waals surface area contributed by atoms with Gasteiger partial charge in [-0.25, -0.2) is 4.39 Å². The summed E-state index contributed by atoms with van der Waals surface area (Å²) in [5, 5.41) is 0.637. The molecule has 64 valence electrons. The average Bonchev–Trinajstić information content (AvgIpc) is 2.07. The van der Waals surface area contributed by atoms with Gasteiger partial charge in [0.25, 0.3) is 0 Å². The molecule has 0 fully saturated rings. The standard InChI is InChI=1S/C10H10ClF/c11-8-5-4-7-2-1-3-10(12)9(7)6-8/h4-6,10H,1-3H2. The van der Waals surface area contributed by atoms with Crippen LogP contribution in [-0.4, -0.2) is 0 Å². The Balaban J connectivity index is 2.47. The molecule has 0 N–H and O–H groups in total. The van der Waals surface area contributed by atoms with Gasteiger partial charge in [-0.1, -0.05) is 17.7 Å². The second-order valence-electron chi connectivity index (χ2n) is 3.20. The highest BCUT2D eigenvalue weighted by molar-refractivity contribution is 6.30. The van der Waals surface area contributed by atoms with Gasteiger partial charge in [-0.15, -0.1) is 0 Å². The van der Waals surface area contributed by atoms with E-state index in [1.807, 2.05) is 12.1 Å². The van der Waals surface area contributed by atoms with Gasteiger partial charge in [0.2, 0.25) is 0 Å². The first kappa shape index (κ1) is 8.06. The summed E-state index contributed by atoms with van der Waals surface area (Å²) in [5.41, 5.74) is 1.92. The lowest BCUT2D eigenvalue weighted by atomic mass is 9.90. The molecular formula is C10H10ClF. The summed E-state index contributed by atoms with van der Waals surface area (Å²) >= 11 is 5.78. The summed E-state index contributed by atoms with van der Waals surface area (Å²) < 4.78 is 13.3. The molecule has 2 rings (SSSR count). The van der Waals surface area contributed by atoms with Crippen molar-refractivity contribution in [1.82, 2.24) is 0 Å². The third-order valence-corrected chi connectivity index (χ3v) is 2.58. The Morgan fingerprint density at radius 1 is 1.42 bits per heavy atom. The van der Waals surface area contributed by atoms with Gasteiger partial charge in [-0.2, -0.15) is 0 Å². The van der Waals surface area contributed by atoms with Crippen molar-refractivity contribution in [3.8, 4) is 0 Å². The largest absolute Gasteiger partial charge is 0.242 e. The number of fused-ring (bicyclic) bond motifs is 1. The van der Waals surface area contributed by atoms with Gasteiger partial charge in [0.05, 0.1) is 0 Å². The molecule has 1 aliphatic carbocycles. The van der Waals surface area contributed by atoms with Crippen molar-refractivity contribution in [2.75, 3.05) is 0 Å². The zero-order valence-electron chi connectivity index (χ0n) is 6.69. The number of halogens is 2. The molecule has 1 aromatic carbocycles. The smallest absolute Gasteiger partial charge is 0.125 e. The van der Waals surface area contributed by atoms with Crippen molar-refractivity contribution in [2.45, 2.75) is 25.4 Å². The Bertz CT molecular complexity index is 296. The van der Waals surface area contributed by atoms with Crippen molar-refractivity contribution in [3.05, 3.63) is 34.3 Å². The van der Waals surface area contributed by atoms with Crippen LogP contribution in [-0.2, 0) is 6.42 Å². The van der Waals surface area contributed by atoms with E-state index in [0.717, 1.165) is 24.0 Å². The van der Waals surface area contributed by atoms with Crippen LogP contribution in [0.5, 0.6) is 0 Å². The van der Waals surface area contributed by atoms with E-state index >= 15 is 0 Å². The summed E-state index contributed by atoms with van der Waals surface area (Å²) in [6, 6.07) is 5.52. The second kappa shape index (κ2) is 3.06. The molecule has 0 aromatic heterocycles. The Hall–Kier alpha value is -0.560. The van der Waals surface area contributed by atoms with Crippen molar-refractivity contribution in [2.24, 2.45) is 0 Å². The van der Waals surface area contributed by atoms with Crippen LogP contribution in [0.2, 0.25) is 5.02 Å². The van der Waals surface area contributed by atoms with Gasteiger partial charge in [0, 0.05) is 5.02 Å². The van der Waals surface area contributed by atoms with Gasteiger partial charge in [0.15, 0.2) is 0 Å². The maximum absolute atomic E-state index is 13.3. The van der Waals surface area contributed by atoms with E-state index in [0.29, 0.717) is 11.4 Å². The zero-order valence-corrected chi connectivity index (χ0v) is 7.44. The van der Waals surface area contributed by atoms with E-state index in [1.165, 1.54) is 0 Å². The summed E-state index contributed by atoms with van der Waals surface area (Å²) in [6.07, 6.45) is 1.79. The molecule has 0 nitrogen and oxygen atoms in total. The molecule has 12 heavy (non-hydrogen) atoms. The van der Waals surface area contributed by atoms with Crippen LogP contribution in [0.3, 0.4) is 0 Å². The molecule has 0 bridgehead atoms. The predicted molar refractivity (Wildman–Crippen MR) is 48.2 cm³/mol. The van der Waals surface area contributed by atoms with Gasteiger partial charge >= 0.3 is 0 Å². The van der Waals surface area contributed by atoms with Gasteiger partial charge in [-0.3, -0.25) is 0 Å². The van der Waals surface area contributed by atoms with Gasteiger partial charge < -0.3 is 0 Å². The van der Waals surface area contributed by atoms with Crippen molar-refractivity contribution >= 4 is 11.6 Å². The fourth-order valence-corrected chi connectivity index (χ4v) is 1.89. The van der Waals surface area contributed by atoms with E-state index < -0.39 is 6.17 Å². The van der Waals surface area contributed by atoms with Crippen molar-refractivity contribution < 1.29 is 4.39 Å². The van der Waals surface area contributed by atoms with Crippen LogP contribution < -0.4 is 0 Å². The van der Waals surface area contributed by atoms with Crippen molar-refractivity contribution in [3.63, 3.8) is 0 Å². The molecule has 1 atom stereocenters. The molecule has 0 radical (unpaired) electrons. The average molecular weight is 185 g/mol. The Labute approximate surface area is 76.4 Å². The maximum Gasteiger partial charge on any atom is 0.125 e. The first-order chi connectivity index (χ1) is 5.77. The lowest BCUT2D eigenvalue weighted by Crippen LogP contribution is -2.05. The summed E-state index contributed by atoms with van der Waals surface area (Å²) in [6.45, 7) is 0. The van der Waals surface area contributed by atoms with Crippen LogP contribution in [0.15, 0.2) is 18.2 Å². The number of hydrogen-bond donors (Lipinski definition) is 0.